The molecule has 0 spiro atoms. The highest BCUT2D eigenvalue weighted by Gasteiger charge is 2.35. The van der Waals surface area contributed by atoms with Gasteiger partial charge in [0.25, 0.3) is 5.91 Å². The molecule has 0 radical (unpaired) electrons. The van der Waals surface area contributed by atoms with Crippen molar-refractivity contribution >= 4 is 23.9 Å². The Hall–Kier alpha value is -3.61. The van der Waals surface area contributed by atoms with Crippen LogP contribution in [0.25, 0.3) is 6.08 Å². The summed E-state index contributed by atoms with van der Waals surface area (Å²) in [4.78, 5) is 38.9. The van der Waals surface area contributed by atoms with Gasteiger partial charge in [0.1, 0.15) is 18.4 Å². The second-order valence-corrected chi connectivity index (χ2v) is 7.11. The third-order valence-corrected chi connectivity index (χ3v) is 5.26. The van der Waals surface area contributed by atoms with E-state index in [1.54, 1.807) is 6.08 Å². The highest BCUT2D eigenvalue weighted by Crippen LogP contribution is 2.27. The molecule has 2 aliphatic rings. The predicted molar refractivity (Wildman–Crippen MR) is 107 cm³/mol. The Morgan fingerprint density at radius 1 is 1.07 bits per heavy atom. The lowest BCUT2D eigenvalue weighted by atomic mass is 9.94. The van der Waals surface area contributed by atoms with Crippen LogP contribution in [0.1, 0.15) is 16.7 Å². The lowest BCUT2D eigenvalue weighted by Crippen LogP contribution is -2.50. The van der Waals surface area contributed by atoms with Gasteiger partial charge >= 0.3 is 11.9 Å². The summed E-state index contributed by atoms with van der Waals surface area (Å²) in [5.74, 6) is -0.877. The van der Waals surface area contributed by atoms with Gasteiger partial charge in [0.05, 0.1) is 12.7 Å². The van der Waals surface area contributed by atoms with Crippen molar-refractivity contribution in [1.29, 1.82) is 0 Å². The summed E-state index contributed by atoms with van der Waals surface area (Å²) in [6.45, 7) is -0.134. The van der Waals surface area contributed by atoms with Crippen LogP contribution in [0.4, 0.5) is 0 Å². The van der Waals surface area contributed by atoms with E-state index >= 15 is 0 Å². The molecule has 7 nitrogen and oxygen atoms in total. The Morgan fingerprint density at radius 3 is 2.60 bits per heavy atom. The minimum atomic E-state index is -0.750. The normalized spacial score (nSPS) is 17.0. The molecule has 0 fully saturated rings. The number of hydrogen-bond acceptors (Lipinski definition) is 6. The van der Waals surface area contributed by atoms with Crippen molar-refractivity contribution in [3.05, 3.63) is 70.8 Å². The first-order chi connectivity index (χ1) is 14.6. The third kappa shape index (κ3) is 3.91. The number of para-hydroxylation sites is 1. The molecule has 1 atom stereocenters. The van der Waals surface area contributed by atoms with Crippen LogP contribution in [0.3, 0.4) is 0 Å². The smallest absolute Gasteiger partial charge is 0.338 e. The molecule has 0 saturated carbocycles. The maximum Gasteiger partial charge on any atom is 0.338 e. The third-order valence-electron chi connectivity index (χ3n) is 5.26. The fourth-order valence-corrected chi connectivity index (χ4v) is 3.67. The first-order valence-electron chi connectivity index (χ1n) is 9.60. The van der Waals surface area contributed by atoms with Crippen LogP contribution in [-0.4, -0.2) is 49.1 Å². The van der Waals surface area contributed by atoms with Crippen molar-refractivity contribution in [3.63, 3.8) is 0 Å². The molecule has 0 bridgehead atoms. The van der Waals surface area contributed by atoms with Gasteiger partial charge in [-0.15, -0.1) is 0 Å². The molecule has 0 saturated heterocycles. The molecule has 0 aliphatic carbocycles. The molecule has 2 aliphatic heterocycles. The zero-order valence-electron chi connectivity index (χ0n) is 16.5. The van der Waals surface area contributed by atoms with Gasteiger partial charge < -0.3 is 19.1 Å². The van der Waals surface area contributed by atoms with Gasteiger partial charge in [-0.25, -0.2) is 9.59 Å². The molecule has 30 heavy (non-hydrogen) atoms. The van der Waals surface area contributed by atoms with Crippen molar-refractivity contribution in [3.8, 4) is 5.75 Å². The lowest BCUT2D eigenvalue weighted by Gasteiger charge is -2.35. The van der Waals surface area contributed by atoms with Crippen LogP contribution < -0.4 is 4.74 Å². The maximum absolute atomic E-state index is 12.8. The van der Waals surface area contributed by atoms with E-state index in [1.165, 1.54) is 12.0 Å². The quantitative estimate of drug-likeness (QED) is 0.723. The first-order valence-corrected chi connectivity index (χ1v) is 9.60. The van der Waals surface area contributed by atoms with Crippen molar-refractivity contribution in [2.75, 3.05) is 20.3 Å². The number of fused-ring (bicyclic) bond motifs is 2. The minimum Gasteiger partial charge on any atom is -0.488 e. The van der Waals surface area contributed by atoms with E-state index in [0.29, 0.717) is 17.7 Å². The Bertz CT molecular complexity index is 1030. The van der Waals surface area contributed by atoms with E-state index < -0.39 is 30.5 Å². The van der Waals surface area contributed by atoms with E-state index in [9.17, 15) is 14.4 Å². The van der Waals surface area contributed by atoms with E-state index in [2.05, 4.69) is 0 Å². The van der Waals surface area contributed by atoms with E-state index in [-0.39, 0.29) is 13.2 Å². The number of methoxy groups -OCH3 is 1. The van der Waals surface area contributed by atoms with Gasteiger partial charge in [-0.1, -0.05) is 42.5 Å². The van der Waals surface area contributed by atoms with Crippen molar-refractivity contribution < 1.29 is 28.6 Å². The number of carbonyl (C=O) groups is 3. The van der Waals surface area contributed by atoms with E-state index in [0.717, 1.165) is 16.7 Å². The molecule has 2 aromatic carbocycles. The van der Waals surface area contributed by atoms with Gasteiger partial charge in [-0.3, -0.25) is 4.79 Å². The highest BCUT2D eigenvalue weighted by molar-refractivity contribution is 5.96. The molecule has 0 aromatic heterocycles. The van der Waals surface area contributed by atoms with Crippen LogP contribution >= 0.6 is 0 Å². The second kappa shape index (κ2) is 8.41. The number of carbonyl (C=O) groups excluding carboxylic acids is 3. The molecule has 1 amide bonds. The number of nitrogens with zero attached hydrogens (tertiary/aromatic N) is 1. The molecular weight excluding hydrogens is 386 g/mol. The Morgan fingerprint density at radius 2 is 1.80 bits per heavy atom. The molecule has 0 N–H and O–H groups in total. The maximum atomic E-state index is 12.8. The number of ether oxygens (including phenoxy) is 3. The van der Waals surface area contributed by atoms with Gasteiger partial charge in [0.15, 0.2) is 6.61 Å². The molecule has 154 valence electrons. The topological polar surface area (TPSA) is 82.1 Å². The average molecular weight is 407 g/mol. The molecule has 4 rings (SSSR count). The predicted octanol–water partition coefficient (Wildman–Crippen LogP) is 2.13. The summed E-state index contributed by atoms with van der Waals surface area (Å²) >= 11 is 0. The lowest BCUT2D eigenvalue weighted by molar-refractivity contribution is -0.158. The summed E-state index contributed by atoms with van der Waals surface area (Å²) in [6, 6.07) is 14.2. The fourth-order valence-electron chi connectivity index (χ4n) is 3.67. The molecule has 7 heteroatoms. The van der Waals surface area contributed by atoms with E-state index in [4.69, 9.17) is 14.2 Å². The summed E-state index contributed by atoms with van der Waals surface area (Å²) in [7, 11) is 1.29. The van der Waals surface area contributed by atoms with Crippen LogP contribution in [0.2, 0.25) is 0 Å². The Labute approximate surface area is 173 Å². The van der Waals surface area contributed by atoms with Gasteiger partial charge in [-0.05, 0) is 23.3 Å². The molecular formula is C23H21NO6. The second-order valence-electron chi connectivity index (χ2n) is 7.11. The van der Waals surface area contributed by atoms with Crippen LogP contribution in [0.5, 0.6) is 5.75 Å². The number of esters is 2. The number of hydrogen-bond donors (Lipinski definition) is 0. The van der Waals surface area contributed by atoms with Gasteiger partial charge in [-0.2, -0.15) is 0 Å². The monoisotopic (exact) mass is 407 g/mol. The summed E-state index contributed by atoms with van der Waals surface area (Å²) in [6.07, 6.45) is 2.05. The Balaban J connectivity index is 1.44. The average Bonchev–Trinajstić information content (AvgIpc) is 2.80. The zero-order valence-corrected chi connectivity index (χ0v) is 16.5. The SMILES string of the molecule is COC(=O)[C@H]1Cc2ccccc2CN1C(=O)COC(=O)C1=Cc2ccccc2OC1. The highest BCUT2D eigenvalue weighted by atomic mass is 16.5. The zero-order chi connectivity index (χ0) is 21.1. The fraction of sp³-hybridized carbons (Fsp3) is 0.261. The largest absolute Gasteiger partial charge is 0.488 e. The van der Waals surface area contributed by atoms with Gasteiger partial charge in [0, 0.05) is 18.5 Å². The van der Waals surface area contributed by atoms with E-state index in [1.807, 2.05) is 48.5 Å². The molecule has 0 unspecified atom stereocenters. The van der Waals surface area contributed by atoms with Crippen LogP contribution in [0.15, 0.2) is 54.1 Å². The van der Waals surface area contributed by atoms with Crippen molar-refractivity contribution in [1.82, 2.24) is 4.90 Å². The Kier molecular flexibility index (Phi) is 5.52. The number of benzene rings is 2. The van der Waals surface area contributed by atoms with Crippen molar-refractivity contribution in [2.24, 2.45) is 0 Å². The first kappa shape index (κ1) is 19.7. The molecule has 2 aromatic rings. The summed E-state index contributed by atoms with van der Waals surface area (Å²) < 4.78 is 15.7. The molecule has 2 heterocycles. The minimum absolute atomic E-state index is 0.0753. The van der Waals surface area contributed by atoms with Crippen LogP contribution in [-0.2, 0) is 36.8 Å². The van der Waals surface area contributed by atoms with Crippen molar-refractivity contribution in [2.45, 2.75) is 19.0 Å². The standard InChI is InChI=1S/C23H21NO6/c1-28-23(27)19-11-15-6-2-3-8-17(15)12-24(19)21(25)14-30-22(26)18-10-16-7-4-5-9-20(16)29-13-18/h2-10,19H,11-14H2,1H3/t19-/m1/s1. The summed E-state index contributed by atoms with van der Waals surface area (Å²) in [5, 5.41) is 0. The number of rotatable bonds is 4. The summed E-state index contributed by atoms with van der Waals surface area (Å²) in [5.41, 5.74) is 3.06. The van der Waals surface area contributed by atoms with Crippen LogP contribution in [0, 0.1) is 0 Å². The number of amides is 1. The van der Waals surface area contributed by atoms with Gasteiger partial charge in [0.2, 0.25) is 0 Å².